The number of carbonyl (C=O) groups excluding carboxylic acids is 2. The molecule has 2 rings (SSSR count). The summed E-state index contributed by atoms with van der Waals surface area (Å²) in [6.07, 6.45) is -4.44. The van der Waals surface area contributed by atoms with Crippen molar-refractivity contribution in [3.63, 3.8) is 0 Å². The van der Waals surface area contributed by atoms with E-state index in [2.05, 4.69) is 10.6 Å². The number of amides is 2. The Hall–Kier alpha value is -2.62. The zero-order valence-electron chi connectivity index (χ0n) is 15.5. The minimum atomic E-state index is -4.44. The maximum atomic E-state index is 12.5. The Morgan fingerprint density at radius 1 is 1.07 bits per heavy atom. The van der Waals surface area contributed by atoms with Gasteiger partial charge in [-0.2, -0.15) is 13.2 Å². The van der Waals surface area contributed by atoms with Crippen molar-refractivity contribution in [2.24, 2.45) is 5.73 Å². The van der Waals surface area contributed by atoms with Crippen LogP contribution in [-0.2, 0) is 22.3 Å². The van der Waals surface area contributed by atoms with Crippen LogP contribution in [0.15, 0.2) is 48.5 Å². The van der Waals surface area contributed by atoms with Crippen LogP contribution in [0.1, 0.15) is 21.5 Å². The van der Waals surface area contributed by atoms with Crippen molar-refractivity contribution in [3.05, 3.63) is 65.2 Å². The molecule has 2 aromatic carbocycles. The molecular weight excluding hydrogens is 411 g/mol. The summed E-state index contributed by atoms with van der Waals surface area (Å²) in [5, 5.41) is 5.26. The van der Waals surface area contributed by atoms with Crippen LogP contribution in [0.3, 0.4) is 0 Å². The molecule has 6 nitrogen and oxygen atoms in total. The number of nitrogens with one attached hydrogen (secondary N) is 2. The Morgan fingerprint density at radius 3 is 2.17 bits per heavy atom. The van der Waals surface area contributed by atoms with Gasteiger partial charge in [-0.05, 0) is 42.0 Å². The fourth-order valence-corrected chi connectivity index (χ4v) is 2.29. The van der Waals surface area contributed by atoms with Crippen molar-refractivity contribution in [1.82, 2.24) is 5.32 Å². The number of nitrogens with two attached hydrogens (primary N) is 1. The fourth-order valence-electron chi connectivity index (χ4n) is 2.29. The second-order valence-corrected chi connectivity index (χ2v) is 6.01. The number of carbonyl (C=O) groups is 2. The van der Waals surface area contributed by atoms with Crippen LogP contribution < -0.4 is 16.4 Å². The zero-order valence-corrected chi connectivity index (χ0v) is 16.3. The van der Waals surface area contributed by atoms with Gasteiger partial charge < -0.3 is 21.1 Å². The lowest BCUT2D eigenvalue weighted by molar-refractivity contribution is -0.137. The standard InChI is InChI=1S/C19H20F3N3O3.ClH/c1-28-11-16(23)18(27)25-15-8-2-12(3-9-15)10-24-17(26)13-4-6-14(7-5-13)19(20,21)22;/h2-9,16H,10-11,23H2,1H3,(H,24,26)(H,25,27);1H. The molecule has 0 fully saturated rings. The van der Waals surface area contributed by atoms with Gasteiger partial charge in [0, 0.05) is 24.9 Å². The quantitative estimate of drug-likeness (QED) is 0.628. The number of alkyl halides is 3. The number of benzene rings is 2. The average molecular weight is 432 g/mol. The molecule has 0 saturated carbocycles. The van der Waals surface area contributed by atoms with E-state index in [1.165, 1.54) is 7.11 Å². The van der Waals surface area contributed by atoms with Gasteiger partial charge in [0.25, 0.3) is 5.91 Å². The highest BCUT2D eigenvalue weighted by Gasteiger charge is 2.30. The predicted molar refractivity (Wildman–Crippen MR) is 105 cm³/mol. The van der Waals surface area contributed by atoms with Crippen molar-refractivity contribution in [2.75, 3.05) is 19.0 Å². The lowest BCUT2D eigenvalue weighted by Gasteiger charge is -2.12. The molecular formula is C19H21ClF3N3O3. The average Bonchev–Trinajstić information content (AvgIpc) is 2.66. The van der Waals surface area contributed by atoms with E-state index in [0.29, 0.717) is 5.69 Å². The molecule has 0 aliphatic rings. The normalized spacial score (nSPS) is 11.9. The van der Waals surface area contributed by atoms with Gasteiger partial charge in [0.2, 0.25) is 5.91 Å². The molecule has 10 heteroatoms. The first kappa shape index (κ1) is 24.4. The third-order valence-electron chi connectivity index (χ3n) is 3.83. The molecule has 0 bridgehead atoms. The van der Waals surface area contributed by atoms with Gasteiger partial charge in [-0.25, -0.2) is 0 Å². The topological polar surface area (TPSA) is 93.4 Å². The number of ether oxygens (including phenoxy) is 1. The summed E-state index contributed by atoms with van der Waals surface area (Å²) in [5.41, 5.74) is 6.23. The molecule has 0 saturated heterocycles. The SMILES string of the molecule is COCC(N)C(=O)Nc1ccc(CNC(=O)c2ccc(C(F)(F)F)cc2)cc1.Cl. The Labute approximate surface area is 172 Å². The second kappa shape index (κ2) is 10.8. The van der Waals surface area contributed by atoms with Gasteiger partial charge in [0.15, 0.2) is 0 Å². The minimum Gasteiger partial charge on any atom is -0.383 e. The number of rotatable bonds is 7. The second-order valence-electron chi connectivity index (χ2n) is 6.01. The van der Waals surface area contributed by atoms with E-state index in [0.717, 1.165) is 29.8 Å². The molecule has 0 heterocycles. The van der Waals surface area contributed by atoms with E-state index in [-0.39, 0.29) is 37.0 Å². The smallest absolute Gasteiger partial charge is 0.383 e. The van der Waals surface area contributed by atoms with Crippen LogP contribution in [0, 0.1) is 0 Å². The molecule has 2 amide bonds. The van der Waals surface area contributed by atoms with Gasteiger partial charge in [-0.15, -0.1) is 12.4 Å². The van der Waals surface area contributed by atoms with Crippen LogP contribution in [0.2, 0.25) is 0 Å². The Morgan fingerprint density at radius 2 is 1.66 bits per heavy atom. The zero-order chi connectivity index (χ0) is 20.7. The molecule has 0 radical (unpaired) electrons. The number of hydrogen-bond acceptors (Lipinski definition) is 4. The van der Waals surface area contributed by atoms with Gasteiger partial charge in [-0.1, -0.05) is 12.1 Å². The fraction of sp³-hybridized carbons (Fsp3) is 0.263. The summed E-state index contributed by atoms with van der Waals surface area (Å²) in [7, 11) is 1.45. The molecule has 1 unspecified atom stereocenters. The van der Waals surface area contributed by atoms with E-state index in [1.807, 2.05) is 0 Å². The minimum absolute atomic E-state index is 0. The van der Waals surface area contributed by atoms with Crippen LogP contribution in [0.5, 0.6) is 0 Å². The summed E-state index contributed by atoms with van der Waals surface area (Å²) < 4.78 is 42.4. The van der Waals surface area contributed by atoms with E-state index in [9.17, 15) is 22.8 Å². The first-order chi connectivity index (χ1) is 13.2. The first-order valence-corrected chi connectivity index (χ1v) is 8.30. The van der Waals surface area contributed by atoms with Crippen LogP contribution in [0.25, 0.3) is 0 Å². The monoisotopic (exact) mass is 431 g/mol. The number of hydrogen-bond donors (Lipinski definition) is 3. The van der Waals surface area contributed by atoms with Gasteiger partial charge in [0.1, 0.15) is 6.04 Å². The highest BCUT2D eigenvalue weighted by Crippen LogP contribution is 2.29. The van der Waals surface area contributed by atoms with Gasteiger partial charge in [0.05, 0.1) is 12.2 Å². The number of methoxy groups -OCH3 is 1. The lowest BCUT2D eigenvalue weighted by Crippen LogP contribution is -2.39. The maximum absolute atomic E-state index is 12.5. The molecule has 0 aliphatic carbocycles. The molecule has 158 valence electrons. The third kappa shape index (κ3) is 7.37. The molecule has 0 aliphatic heterocycles. The van der Waals surface area contributed by atoms with Crippen molar-refractivity contribution in [1.29, 1.82) is 0 Å². The largest absolute Gasteiger partial charge is 0.416 e. The third-order valence-corrected chi connectivity index (χ3v) is 3.83. The highest BCUT2D eigenvalue weighted by atomic mass is 35.5. The Bertz CT molecular complexity index is 812. The van der Waals surface area contributed by atoms with E-state index >= 15 is 0 Å². The number of anilines is 1. The molecule has 4 N–H and O–H groups in total. The first-order valence-electron chi connectivity index (χ1n) is 8.30. The van der Waals surface area contributed by atoms with Gasteiger partial charge >= 0.3 is 6.18 Å². The van der Waals surface area contributed by atoms with Crippen molar-refractivity contribution in [3.8, 4) is 0 Å². The summed E-state index contributed by atoms with van der Waals surface area (Å²) in [6, 6.07) is 9.89. The van der Waals surface area contributed by atoms with Crippen molar-refractivity contribution in [2.45, 2.75) is 18.8 Å². The number of halogens is 4. The van der Waals surface area contributed by atoms with E-state index < -0.39 is 23.7 Å². The lowest BCUT2D eigenvalue weighted by atomic mass is 10.1. The summed E-state index contributed by atoms with van der Waals surface area (Å²) >= 11 is 0. The predicted octanol–water partition coefficient (Wildman–Crippen LogP) is 2.97. The Kier molecular flexibility index (Phi) is 9.09. The summed E-state index contributed by atoms with van der Waals surface area (Å²) in [4.78, 5) is 23.9. The van der Waals surface area contributed by atoms with Crippen molar-refractivity contribution < 1.29 is 27.5 Å². The van der Waals surface area contributed by atoms with E-state index in [4.69, 9.17) is 10.5 Å². The molecule has 1 atom stereocenters. The molecule has 2 aromatic rings. The van der Waals surface area contributed by atoms with Gasteiger partial charge in [-0.3, -0.25) is 9.59 Å². The molecule has 29 heavy (non-hydrogen) atoms. The summed E-state index contributed by atoms with van der Waals surface area (Å²) in [6.45, 7) is 0.275. The summed E-state index contributed by atoms with van der Waals surface area (Å²) in [5.74, 6) is -0.873. The van der Waals surface area contributed by atoms with Crippen LogP contribution in [-0.4, -0.2) is 31.6 Å². The molecule has 0 aromatic heterocycles. The highest BCUT2D eigenvalue weighted by molar-refractivity contribution is 5.95. The Balaban J connectivity index is 0.00000420. The maximum Gasteiger partial charge on any atom is 0.416 e. The van der Waals surface area contributed by atoms with E-state index in [1.54, 1.807) is 24.3 Å². The van der Waals surface area contributed by atoms with Crippen molar-refractivity contribution >= 4 is 29.9 Å². The van der Waals surface area contributed by atoms with Crippen LogP contribution >= 0.6 is 12.4 Å². The molecule has 0 spiro atoms. The van der Waals surface area contributed by atoms with Crippen LogP contribution in [0.4, 0.5) is 18.9 Å².